The monoisotopic (exact) mass is 323 g/mol. The minimum atomic E-state index is -0.257. The average molecular weight is 324 g/mol. The lowest BCUT2D eigenvalue weighted by molar-refractivity contribution is -0.113. The SMILES string of the molecule is Cc1ccc(Cl)cc1NC(=O)CSCc1cccc(F)c1. The van der Waals surface area contributed by atoms with Gasteiger partial charge in [0.1, 0.15) is 5.82 Å². The highest BCUT2D eigenvalue weighted by Gasteiger charge is 2.06. The van der Waals surface area contributed by atoms with Gasteiger partial charge in [0, 0.05) is 16.5 Å². The minimum absolute atomic E-state index is 0.0956. The van der Waals surface area contributed by atoms with E-state index >= 15 is 0 Å². The van der Waals surface area contributed by atoms with Crippen molar-refractivity contribution in [3.8, 4) is 0 Å². The summed E-state index contributed by atoms with van der Waals surface area (Å²) in [4.78, 5) is 11.9. The first kappa shape index (κ1) is 15.9. The molecule has 2 rings (SSSR count). The molecular formula is C16H15ClFNOS. The van der Waals surface area contributed by atoms with Crippen LogP contribution in [0.2, 0.25) is 5.02 Å². The molecule has 2 nitrogen and oxygen atoms in total. The fourth-order valence-electron chi connectivity index (χ4n) is 1.80. The number of aryl methyl sites for hydroxylation is 1. The van der Waals surface area contributed by atoms with Crippen molar-refractivity contribution in [3.05, 3.63) is 64.4 Å². The lowest BCUT2D eigenvalue weighted by Crippen LogP contribution is -2.15. The number of amides is 1. The van der Waals surface area contributed by atoms with Crippen molar-refractivity contribution in [1.29, 1.82) is 0 Å². The molecule has 0 radical (unpaired) electrons. The van der Waals surface area contributed by atoms with Crippen LogP contribution < -0.4 is 5.32 Å². The predicted molar refractivity (Wildman–Crippen MR) is 87.4 cm³/mol. The summed E-state index contributed by atoms with van der Waals surface area (Å²) in [6, 6.07) is 11.8. The maximum Gasteiger partial charge on any atom is 0.234 e. The van der Waals surface area contributed by atoms with Crippen LogP contribution in [0.1, 0.15) is 11.1 Å². The molecule has 0 fully saturated rings. The number of hydrogen-bond acceptors (Lipinski definition) is 2. The fourth-order valence-corrected chi connectivity index (χ4v) is 2.75. The van der Waals surface area contributed by atoms with Crippen LogP contribution >= 0.6 is 23.4 Å². The van der Waals surface area contributed by atoms with Crippen LogP contribution in [-0.4, -0.2) is 11.7 Å². The Bertz CT molecular complexity index is 648. The van der Waals surface area contributed by atoms with Gasteiger partial charge in [-0.25, -0.2) is 4.39 Å². The number of hydrogen-bond donors (Lipinski definition) is 1. The average Bonchev–Trinajstić information content (AvgIpc) is 2.43. The highest BCUT2D eigenvalue weighted by molar-refractivity contribution is 7.99. The maximum absolute atomic E-state index is 13.0. The van der Waals surface area contributed by atoms with Crippen molar-refractivity contribution in [2.45, 2.75) is 12.7 Å². The van der Waals surface area contributed by atoms with Crippen LogP contribution in [0.4, 0.5) is 10.1 Å². The van der Waals surface area contributed by atoms with Crippen LogP contribution in [0.25, 0.3) is 0 Å². The van der Waals surface area contributed by atoms with Crippen molar-refractivity contribution in [3.63, 3.8) is 0 Å². The number of nitrogens with one attached hydrogen (secondary N) is 1. The van der Waals surface area contributed by atoms with Gasteiger partial charge in [-0.2, -0.15) is 0 Å². The Morgan fingerprint density at radius 1 is 1.29 bits per heavy atom. The summed E-state index contributed by atoms with van der Waals surface area (Å²) in [6.45, 7) is 1.91. The zero-order valence-electron chi connectivity index (χ0n) is 11.5. The highest BCUT2D eigenvalue weighted by atomic mass is 35.5. The molecule has 2 aromatic carbocycles. The molecule has 0 spiro atoms. The largest absolute Gasteiger partial charge is 0.325 e. The smallest absolute Gasteiger partial charge is 0.234 e. The molecule has 0 aliphatic carbocycles. The summed E-state index contributed by atoms with van der Waals surface area (Å²) in [5.74, 6) is 0.552. The summed E-state index contributed by atoms with van der Waals surface area (Å²) in [6.07, 6.45) is 0. The number of rotatable bonds is 5. The van der Waals surface area contributed by atoms with Gasteiger partial charge < -0.3 is 5.32 Å². The molecule has 110 valence electrons. The van der Waals surface area contributed by atoms with Crippen LogP contribution in [0.3, 0.4) is 0 Å². The van der Waals surface area contributed by atoms with E-state index in [9.17, 15) is 9.18 Å². The summed E-state index contributed by atoms with van der Waals surface area (Å²) < 4.78 is 13.0. The standard InChI is InChI=1S/C16H15ClFNOS/c1-11-5-6-13(17)8-15(11)19-16(20)10-21-9-12-3-2-4-14(18)7-12/h2-8H,9-10H2,1H3,(H,19,20). The van der Waals surface area contributed by atoms with Crippen molar-refractivity contribution in [1.82, 2.24) is 0 Å². The molecule has 0 saturated heterocycles. The predicted octanol–water partition coefficient (Wildman–Crippen LogP) is 4.66. The number of anilines is 1. The molecule has 5 heteroatoms. The van der Waals surface area contributed by atoms with E-state index in [2.05, 4.69) is 5.32 Å². The first-order chi connectivity index (χ1) is 10.0. The van der Waals surface area contributed by atoms with Crippen LogP contribution in [0.5, 0.6) is 0 Å². The summed E-state index contributed by atoms with van der Waals surface area (Å²) >= 11 is 7.35. The Hall–Kier alpha value is -1.52. The highest BCUT2D eigenvalue weighted by Crippen LogP contribution is 2.21. The van der Waals surface area contributed by atoms with Crippen molar-refractivity contribution < 1.29 is 9.18 Å². The topological polar surface area (TPSA) is 29.1 Å². The molecule has 0 heterocycles. The molecule has 0 atom stereocenters. The van der Waals surface area contributed by atoms with Gasteiger partial charge in [-0.3, -0.25) is 4.79 Å². The third-order valence-electron chi connectivity index (χ3n) is 2.86. The Balaban J connectivity index is 1.84. The molecule has 1 N–H and O–H groups in total. The molecule has 2 aromatic rings. The van der Waals surface area contributed by atoms with Gasteiger partial charge in [-0.1, -0.05) is 29.8 Å². The fraction of sp³-hybridized carbons (Fsp3) is 0.188. The Morgan fingerprint density at radius 2 is 2.10 bits per heavy atom. The Morgan fingerprint density at radius 3 is 2.86 bits per heavy atom. The second-order valence-corrected chi connectivity index (χ2v) is 6.05. The Labute approximate surface area is 132 Å². The third-order valence-corrected chi connectivity index (χ3v) is 4.10. The summed E-state index contributed by atoms with van der Waals surface area (Å²) in [7, 11) is 0. The van der Waals surface area contributed by atoms with Gasteiger partial charge >= 0.3 is 0 Å². The summed E-state index contributed by atoms with van der Waals surface area (Å²) in [5.41, 5.74) is 2.55. The van der Waals surface area contributed by atoms with Gasteiger partial charge in [0.05, 0.1) is 5.75 Å². The lowest BCUT2D eigenvalue weighted by atomic mass is 10.2. The van der Waals surface area contributed by atoms with E-state index in [1.807, 2.05) is 19.1 Å². The molecule has 0 bridgehead atoms. The van der Waals surface area contributed by atoms with Crippen molar-refractivity contribution >= 4 is 35.0 Å². The molecule has 21 heavy (non-hydrogen) atoms. The van der Waals surface area contributed by atoms with E-state index in [0.717, 1.165) is 16.8 Å². The molecule has 1 amide bonds. The second-order valence-electron chi connectivity index (χ2n) is 4.63. The van der Waals surface area contributed by atoms with Crippen LogP contribution in [0, 0.1) is 12.7 Å². The maximum atomic E-state index is 13.0. The van der Waals surface area contributed by atoms with E-state index < -0.39 is 0 Å². The molecule has 0 aliphatic rings. The number of benzene rings is 2. The van der Waals surface area contributed by atoms with Gasteiger partial charge in [0.15, 0.2) is 0 Å². The second kappa shape index (κ2) is 7.48. The van der Waals surface area contributed by atoms with Crippen molar-refractivity contribution in [2.24, 2.45) is 0 Å². The van der Waals surface area contributed by atoms with E-state index in [0.29, 0.717) is 16.5 Å². The van der Waals surface area contributed by atoms with E-state index in [-0.39, 0.29) is 11.7 Å². The number of thioether (sulfide) groups is 1. The molecule has 0 aliphatic heterocycles. The van der Waals surface area contributed by atoms with Crippen LogP contribution in [0.15, 0.2) is 42.5 Å². The molecule has 0 aromatic heterocycles. The van der Waals surface area contributed by atoms with Gasteiger partial charge in [0.2, 0.25) is 5.91 Å². The number of halogens is 2. The van der Waals surface area contributed by atoms with E-state index in [1.54, 1.807) is 18.2 Å². The normalized spacial score (nSPS) is 10.4. The van der Waals surface area contributed by atoms with E-state index in [4.69, 9.17) is 11.6 Å². The quantitative estimate of drug-likeness (QED) is 0.867. The summed E-state index contributed by atoms with van der Waals surface area (Å²) in [5, 5.41) is 3.42. The van der Waals surface area contributed by atoms with Gasteiger partial charge in [0.25, 0.3) is 0 Å². The zero-order valence-corrected chi connectivity index (χ0v) is 13.1. The van der Waals surface area contributed by atoms with Crippen LogP contribution in [-0.2, 0) is 10.5 Å². The lowest BCUT2D eigenvalue weighted by Gasteiger charge is -2.08. The number of carbonyl (C=O) groups excluding carboxylic acids is 1. The minimum Gasteiger partial charge on any atom is -0.325 e. The number of carbonyl (C=O) groups is 1. The van der Waals surface area contributed by atoms with E-state index in [1.165, 1.54) is 23.9 Å². The Kier molecular flexibility index (Phi) is 5.65. The van der Waals surface area contributed by atoms with Gasteiger partial charge in [-0.15, -0.1) is 11.8 Å². The van der Waals surface area contributed by atoms with Crippen molar-refractivity contribution in [2.75, 3.05) is 11.1 Å². The van der Waals surface area contributed by atoms with Gasteiger partial charge in [-0.05, 0) is 42.3 Å². The molecule has 0 saturated carbocycles. The molecule has 0 unspecified atom stereocenters. The third kappa shape index (κ3) is 5.06. The first-order valence-electron chi connectivity index (χ1n) is 6.43. The zero-order chi connectivity index (χ0) is 15.2. The first-order valence-corrected chi connectivity index (χ1v) is 7.96. The molecular weight excluding hydrogens is 309 g/mol.